The molecule has 0 saturated carbocycles. The molecule has 182 valence electrons. The summed E-state index contributed by atoms with van der Waals surface area (Å²) in [5.74, 6) is 3.93. The van der Waals surface area contributed by atoms with Crippen LogP contribution in [0.3, 0.4) is 0 Å². The first-order chi connectivity index (χ1) is 16.5. The molecule has 3 rings (SSSR count). The molecule has 0 unspecified atom stereocenters. The molecule has 9 heteroatoms. The predicted octanol–water partition coefficient (Wildman–Crippen LogP) is 5.23. The second-order valence-electron chi connectivity index (χ2n) is 6.99. The lowest BCUT2D eigenvalue weighted by Crippen LogP contribution is -2.02. The fourth-order valence-electron chi connectivity index (χ4n) is 3.46. The van der Waals surface area contributed by atoms with Gasteiger partial charge in [-0.3, -0.25) is 0 Å². The van der Waals surface area contributed by atoms with Gasteiger partial charge >= 0.3 is 0 Å². The number of hydrogen-bond acceptors (Lipinski definition) is 9. The number of anilines is 4. The van der Waals surface area contributed by atoms with Crippen molar-refractivity contribution in [3.8, 4) is 40.2 Å². The molecule has 0 saturated heterocycles. The Kier molecular flexibility index (Phi) is 8.02. The quantitative estimate of drug-likeness (QED) is 0.391. The Bertz CT molecular complexity index is 1110. The number of rotatable bonds is 11. The Labute approximate surface area is 199 Å². The first kappa shape index (κ1) is 24.5. The number of hydrogen-bond donors (Lipinski definition) is 2. The highest BCUT2D eigenvalue weighted by Crippen LogP contribution is 2.44. The van der Waals surface area contributed by atoms with Crippen molar-refractivity contribution in [2.24, 2.45) is 0 Å². The van der Waals surface area contributed by atoms with Gasteiger partial charge in [-0.05, 0) is 12.1 Å². The highest BCUT2D eigenvalue weighted by Gasteiger charge is 2.17. The van der Waals surface area contributed by atoms with Crippen molar-refractivity contribution < 1.29 is 33.2 Å². The fourth-order valence-corrected chi connectivity index (χ4v) is 3.46. The topological polar surface area (TPSA) is 88.7 Å². The largest absolute Gasteiger partial charge is 0.493 e. The van der Waals surface area contributed by atoms with E-state index in [-0.39, 0.29) is 0 Å². The van der Waals surface area contributed by atoms with Crippen molar-refractivity contribution in [3.63, 3.8) is 0 Å². The number of methoxy groups -OCH3 is 7. The van der Waals surface area contributed by atoms with Crippen LogP contribution in [0.1, 0.15) is 0 Å². The van der Waals surface area contributed by atoms with Gasteiger partial charge in [0.2, 0.25) is 5.75 Å². The zero-order valence-corrected chi connectivity index (χ0v) is 20.4. The summed E-state index contributed by atoms with van der Waals surface area (Å²) in [6, 6.07) is 12.9. The van der Waals surface area contributed by atoms with Gasteiger partial charge < -0.3 is 43.8 Å². The van der Waals surface area contributed by atoms with E-state index in [0.29, 0.717) is 40.2 Å². The van der Waals surface area contributed by atoms with Crippen molar-refractivity contribution in [3.05, 3.63) is 42.5 Å². The first-order valence-electron chi connectivity index (χ1n) is 10.3. The summed E-state index contributed by atoms with van der Waals surface area (Å²) in [5.41, 5.74) is 2.97. The number of nitrogens with one attached hydrogen (secondary N) is 2. The third-order valence-corrected chi connectivity index (χ3v) is 5.13. The standard InChI is InChI=1S/C25H30N2O7/c1-28-19-9-8-15(10-20(19)29-2)26-17-13-21(30-3)22(31-4)14-18(17)27-16-11-23(32-5)25(34-7)24(12-16)33-6/h8-14,26-27H,1-7H3. The third kappa shape index (κ3) is 5.09. The summed E-state index contributed by atoms with van der Waals surface area (Å²) in [6.45, 7) is 0. The molecule has 2 N–H and O–H groups in total. The third-order valence-electron chi connectivity index (χ3n) is 5.13. The number of ether oxygens (including phenoxy) is 7. The zero-order chi connectivity index (χ0) is 24.7. The van der Waals surface area contributed by atoms with Gasteiger partial charge in [-0.2, -0.15) is 0 Å². The molecule has 0 aliphatic carbocycles. The van der Waals surface area contributed by atoms with Crippen LogP contribution in [0, 0.1) is 0 Å². The fraction of sp³-hybridized carbons (Fsp3) is 0.280. The predicted molar refractivity (Wildman–Crippen MR) is 132 cm³/mol. The monoisotopic (exact) mass is 470 g/mol. The lowest BCUT2D eigenvalue weighted by molar-refractivity contribution is 0.324. The van der Waals surface area contributed by atoms with Gasteiger partial charge in [-0.15, -0.1) is 0 Å². The van der Waals surface area contributed by atoms with Gasteiger partial charge in [0, 0.05) is 41.7 Å². The van der Waals surface area contributed by atoms with E-state index < -0.39 is 0 Å². The molecular formula is C25H30N2O7. The smallest absolute Gasteiger partial charge is 0.203 e. The Balaban J connectivity index is 2.07. The second kappa shape index (κ2) is 11.1. The van der Waals surface area contributed by atoms with E-state index in [1.54, 1.807) is 49.8 Å². The van der Waals surface area contributed by atoms with Crippen molar-refractivity contribution in [1.82, 2.24) is 0 Å². The van der Waals surface area contributed by atoms with Crippen LogP contribution < -0.4 is 43.8 Å². The average Bonchev–Trinajstić information content (AvgIpc) is 2.88. The van der Waals surface area contributed by atoms with E-state index >= 15 is 0 Å². The Morgan fingerprint density at radius 1 is 0.412 bits per heavy atom. The molecule has 3 aromatic rings. The van der Waals surface area contributed by atoms with Crippen LogP contribution in [0.2, 0.25) is 0 Å². The molecule has 0 amide bonds. The van der Waals surface area contributed by atoms with E-state index in [9.17, 15) is 0 Å². The van der Waals surface area contributed by atoms with Gasteiger partial charge in [0.05, 0.1) is 61.1 Å². The minimum atomic E-state index is 0.506. The first-order valence-corrected chi connectivity index (χ1v) is 10.3. The summed E-state index contributed by atoms with van der Waals surface area (Å²) in [5, 5.41) is 6.80. The van der Waals surface area contributed by atoms with Crippen LogP contribution in [0.15, 0.2) is 42.5 Å². The molecule has 3 aromatic carbocycles. The van der Waals surface area contributed by atoms with Crippen LogP contribution >= 0.6 is 0 Å². The Morgan fingerprint density at radius 2 is 0.824 bits per heavy atom. The van der Waals surface area contributed by atoms with Gasteiger partial charge in [-0.1, -0.05) is 0 Å². The van der Waals surface area contributed by atoms with E-state index in [2.05, 4.69) is 10.6 Å². The highest BCUT2D eigenvalue weighted by atomic mass is 16.5. The molecule has 0 atom stereocenters. The molecule has 0 aliphatic heterocycles. The molecule has 0 fully saturated rings. The average molecular weight is 471 g/mol. The summed E-state index contributed by atoms with van der Waals surface area (Å²) in [4.78, 5) is 0. The van der Waals surface area contributed by atoms with Crippen molar-refractivity contribution in [1.29, 1.82) is 0 Å². The summed E-state index contributed by atoms with van der Waals surface area (Å²) < 4.78 is 38.2. The zero-order valence-electron chi connectivity index (χ0n) is 20.4. The van der Waals surface area contributed by atoms with E-state index in [1.807, 2.05) is 42.5 Å². The van der Waals surface area contributed by atoms with E-state index in [0.717, 1.165) is 22.7 Å². The minimum absolute atomic E-state index is 0.506. The van der Waals surface area contributed by atoms with E-state index in [4.69, 9.17) is 33.2 Å². The molecule has 34 heavy (non-hydrogen) atoms. The lowest BCUT2D eigenvalue weighted by atomic mass is 10.2. The summed E-state index contributed by atoms with van der Waals surface area (Å²) >= 11 is 0. The van der Waals surface area contributed by atoms with Crippen LogP contribution in [0.25, 0.3) is 0 Å². The maximum atomic E-state index is 5.51. The molecular weight excluding hydrogens is 440 g/mol. The molecule has 0 aromatic heterocycles. The highest BCUT2D eigenvalue weighted by molar-refractivity contribution is 5.83. The minimum Gasteiger partial charge on any atom is -0.493 e. The molecule has 0 spiro atoms. The molecule has 0 aliphatic rings. The van der Waals surface area contributed by atoms with Crippen molar-refractivity contribution >= 4 is 22.7 Å². The normalized spacial score (nSPS) is 10.2. The van der Waals surface area contributed by atoms with Gasteiger partial charge in [0.25, 0.3) is 0 Å². The number of benzene rings is 3. The van der Waals surface area contributed by atoms with Crippen LogP contribution in [-0.2, 0) is 0 Å². The molecule has 0 bridgehead atoms. The molecule has 9 nitrogen and oxygen atoms in total. The lowest BCUT2D eigenvalue weighted by Gasteiger charge is -2.20. The van der Waals surface area contributed by atoms with Crippen molar-refractivity contribution in [2.45, 2.75) is 0 Å². The van der Waals surface area contributed by atoms with E-state index in [1.165, 1.54) is 0 Å². The van der Waals surface area contributed by atoms with Crippen LogP contribution in [0.4, 0.5) is 22.7 Å². The van der Waals surface area contributed by atoms with Crippen LogP contribution in [0.5, 0.6) is 40.2 Å². The van der Waals surface area contributed by atoms with Crippen LogP contribution in [-0.4, -0.2) is 49.8 Å². The summed E-state index contributed by atoms with van der Waals surface area (Å²) in [7, 11) is 11.1. The Hall–Kier alpha value is -4.14. The van der Waals surface area contributed by atoms with Crippen molar-refractivity contribution in [2.75, 3.05) is 60.4 Å². The maximum absolute atomic E-state index is 5.51. The summed E-state index contributed by atoms with van der Waals surface area (Å²) in [6.07, 6.45) is 0. The maximum Gasteiger partial charge on any atom is 0.203 e. The van der Waals surface area contributed by atoms with Gasteiger partial charge in [0.1, 0.15) is 0 Å². The second-order valence-corrected chi connectivity index (χ2v) is 6.99. The SMILES string of the molecule is COc1ccc(Nc2cc(OC)c(OC)cc2Nc2cc(OC)c(OC)c(OC)c2)cc1OC. The van der Waals surface area contributed by atoms with Gasteiger partial charge in [0.15, 0.2) is 34.5 Å². The van der Waals surface area contributed by atoms with Gasteiger partial charge in [-0.25, -0.2) is 0 Å². The molecule has 0 heterocycles. The Morgan fingerprint density at radius 3 is 1.26 bits per heavy atom. The molecule has 0 radical (unpaired) electrons.